The maximum Gasteiger partial charge on any atom is 0.129 e. The van der Waals surface area contributed by atoms with E-state index in [4.69, 9.17) is 9.47 Å². The molecule has 2 aromatic rings. The Bertz CT molecular complexity index is 807. The van der Waals surface area contributed by atoms with Gasteiger partial charge in [0.25, 0.3) is 0 Å². The van der Waals surface area contributed by atoms with Crippen LogP contribution in [0.4, 0.5) is 0 Å². The van der Waals surface area contributed by atoms with Crippen molar-refractivity contribution >= 4 is 24.1 Å². The first-order valence-corrected chi connectivity index (χ1v) is 6.93. The standard InChI is InChI=1S/C18H16O6/c1-23-13-7-6-12(16(10-13)24-2)5-3-11-4-8-14(17(19)20)15(9-11)18(21)22/h3-10H,1-2H3,(H,19,20)(H,21,22)/p-2/b5-3+. The van der Waals surface area contributed by atoms with Gasteiger partial charge in [0.1, 0.15) is 11.5 Å². The van der Waals surface area contributed by atoms with Gasteiger partial charge in [0.15, 0.2) is 0 Å². The summed E-state index contributed by atoms with van der Waals surface area (Å²) in [4.78, 5) is 22.0. The van der Waals surface area contributed by atoms with Crippen LogP contribution >= 0.6 is 0 Å². The Hall–Kier alpha value is -3.28. The molecule has 0 aliphatic heterocycles. The topological polar surface area (TPSA) is 98.7 Å². The fourth-order valence-electron chi connectivity index (χ4n) is 2.15. The maximum atomic E-state index is 11.1. The van der Waals surface area contributed by atoms with Crippen molar-refractivity contribution in [3.8, 4) is 11.5 Å². The van der Waals surface area contributed by atoms with Crippen molar-refractivity contribution in [3.05, 3.63) is 58.7 Å². The van der Waals surface area contributed by atoms with Crippen LogP contribution in [0, 0.1) is 0 Å². The summed E-state index contributed by atoms with van der Waals surface area (Å²) in [6.07, 6.45) is 3.35. The van der Waals surface area contributed by atoms with E-state index in [2.05, 4.69) is 0 Å². The van der Waals surface area contributed by atoms with E-state index in [1.54, 1.807) is 37.5 Å². The second kappa shape index (κ2) is 7.32. The second-order valence-electron chi connectivity index (χ2n) is 4.82. The summed E-state index contributed by atoms with van der Waals surface area (Å²) in [6.45, 7) is 0. The third-order valence-electron chi connectivity index (χ3n) is 3.38. The molecule has 0 amide bonds. The number of aromatic carboxylic acids is 2. The lowest BCUT2D eigenvalue weighted by Gasteiger charge is -2.12. The van der Waals surface area contributed by atoms with Crippen LogP contribution in [0.15, 0.2) is 36.4 Å². The molecule has 0 saturated heterocycles. The molecule has 124 valence electrons. The van der Waals surface area contributed by atoms with Crippen LogP contribution in [-0.2, 0) is 0 Å². The Morgan fingerprint density at radius 3 is 2.17 bits per heavy atom. The molecule has 0 aromatic heterocycles. The largest absolute Gasteiger partial charge is 0.545 e. The summed E-state index contributed by atoms with van der Waals surface area (Å²) in [5.74, 6) is -1.92. The van der Waals surface area contributed by atoms with Crippen molar-refractivity contribution in [2.75, 3.05) is 14.2 Å². The van der Waals surface area contributed by atoms with Crippen molar-refractivity contribution in [2.45, 2.75) is 0 Å². The summed E-state index contributed by atoms with van der Waals surface area (Å²) in [5.41, 5.74) is 0.391. The Labute approximate surface area is 138 Å². The van der Waals surface area contributed by atoms with E-state index in [1.165, 1.54) is 25.3 Å². The number of rotatable bonds is 6. The maximum absolute atomic E-state index is 11.1. The molecule has 0 unspecified atom stereocenters. The Balaban J connectivity index is 2.37. The molecular formula is C18H14O6-2. The van der Waals surface area contributed by atoms with Crippen molar-refractivity contribution < 1.29 is 29.3 Å². The minimum Gasteiger partial charge on any atom is -0.545 e. The van der Waals surface area contributed by atoms with Crippen LogP contribution in [0.2, 0.25) is 0 Å². The first-order chi connectivity index (χ1) is 11.5. The molecule has 6 nitrogen and oxygen atoms in total. The molecule has 24 heavy (non-hydrogen) atoms. The summed E-state index contributed by atoms with van der Waals surface area (Å²) in [6, 6.07) is 9.12. The molecule has 0 fully saturated rings. The fourth-order valence-corrected chi connectivity index (χ4v) is 2.15. The lowest BCUT2D eigenvalue weighted by molar-refractivity contribution is -0.259. The summed E-state index contributed by atoms with van der Waals surface area (Å²) >= 11 is 0. The van der Waals surface area contributed by atoms with Crippen LogP contribution in [0.1, 0.15) is 31.8 Å². The van der Waals surface area contributed by atoms with Crippen LogP contribution in [0.5, 0.6) is 11.5 Å². The zero-order valence-electron chi connectivity index (χ0n) is 13.1. The number of hydrogen-bond donors (Lipinski definition) is 0. The number of ether oxygens (including phenoxy) is 2. The normalized spacial score (nSPS) is 10.6. The summed E-state index contributed by atoms with van der Waals surface area (Å²) in [7, 11) is 3.07. The van der Waals surface area contributed by atoms with Crippen molar-refractivity contribution in [3.63, 3.8) is 0 Å². The van der Waals surface area contributed by atoms with E-state index in [9.17, 15) is 19.8 Å². The van der Waals surface area contributed by atoms with Gasteiger partial charge in [-0.25, -0.2) is 0 Å². The van der Waals surface area contributed by atoms with Gasteiger partial charge in [-0.3, -0.25) is 0 Å². The van der Waals surface area contributed by atoms with E-state index in [1.807, 2.05) is 0 Å². The molecule has 0 N–H and O–H groups in total. The average Bonchev–Trinajstić information content (AvgIpc) is 2.59. The van der Waals surface area contributed by atoms with Gasteiger partial charge in [0.05, 0.1) is 26.2 Å². The minimum absolute atomic E-state index is 0.422. The Morgan fingerprint density at radius 2 is 1.58 bits per heavy atom. The third kappa shape index (κ3) is 3.73. The van der Waals surface area contributed by atoms with Gasteiger partial charge >= 0.3 is 0 Å². The molecule has 0 aliphatic rings. The molecule has 2 rings (SSSR count). The van der Waals surface area contributed by atoms with E-state index in [0.29, 0.717) is 17.1 Å². The number of carboxylic acids is 2. The highest BCUT2D eigenvalue weighted by molar-refractivity contribution is 6.00. The SMILES string of the molecule is COc1ccc(/C=C/c2ccc(C(=O)[O-])c(C(=O)[O-])c2)c(OC)c1. The molecule has 6 heteroatoms. The van der Waals surface area contributed by atoms with Crippen LogP contribution < -0.4 is 19.7 Å². The van der Waals surface area contributed by atoms with E-state index in [-0.39, 0.29) is 0 Å². The minimum atomic E-state index is -1.58. The predicted molar refractivity (Wildman–Crippen MR) is 83.6 cm³/mol. The molecule has 0 spiro atoms. The zero-order chi connectivity index (χ0) is 17.7. The van der Waals surface area contributed by atoms with Crippen LogP contribution in [0.3, 0.4) is 0 Å². The smallest absolute Gasteiger partial charge is 0.129 e. The van der Waals surface area contributed by atoms with E-state index in [0.717, 1.165) is 5.56 Å². The number of carbonyl (C=O) groups is 2. The molecule has 2 aromatic carbocycles. The summed E-state index contributed by atoms with van der Waals surface area (Å²) < 4.78 is 10.4. The summed E-state index contributed by atoms with van der Waals surface area (Å²) in [5, 5.41) is 22.0. The van der Waals surface area contributed by atoms with Crippen LogP contribution in [0.25, 0.3) is 12.2 Å². The van der Waals surface area contributed by atoms with Crippen molar-refractivity contribution in [1.29, 1.82) is 0 Å². The Kier molecular flexibility index (Phi) is 5.21. The first-order valence-electron chi connectivity index (χ1n) is 6.93. The molecule has 0 atom stereocenters. The molecule has 0 heterocycles. The van der Waals surface area contributed by atoms with Gasteiger partial charge in [-0.05, 0) is 23.8 Å². The van der Waals surface area contributed by atoms with Gasteiger partial charge in [-0.15, -0.1) is 0 Å². The zero-order valence-corrected chi connectivity index (χ0v) is 13.1. The lowest BCUT2D eigenvalue weighted by atomic mass is 10.0. The third-order valence-corrected chi connectivity index (χ3v) is 3.38. The van der Waals surface area contributed by atoms with Gasteiger partial charge < -0.3 is 29.3 Å². The number of carboxylic acid groups (broad SMARTS) is 2. The van der Waals surface area contributed by atoms with Gasteiger partial charge in [0, 0.05) is 22.8 Å². The molecule has 0 bridgehead atoms. The van der Waals surface area contributed by atoms with Gasteiger partial charge in [-0.1, -0.05) is 24.3 Å². The Morgan fingerprint density at radius 1 is 0.875 bits per heavy atom. The quantitative estimate of drug-likeness (QED) is 0.721. The van der Waals surface area contributed by atoms with Crippen molar-refractivity contribution in [1.82, 2.24) is 0 Å². The molecule has 0 radical (unpaired) electrons. The first kappa shape index (κ1) is 17.1. The van der Waals surface area contributed by atoms with E-state index < -0.39 is 23.1 Å². The number of carbonyl (C=O) groups excluding carboxylic acids is 2. The molecule has 0 aliphatic carbocycles. The van der Waals surface area contributed by atoms with Gasteiger partial charge in [-0.2, -0.15) is 0 Å². The monoisotopic (exact) mass is 326 g/mol. The van der Waals surface area contributed by atoms with E-state index >= 15 is 0 Å². The predicted octanol–water partition coefficient (Wildman–Crippen LogP) is 0.601. The highest BCUT2D eigenvalue weighted by atomic mass is 16.5. The average molecular weight is 326 g/mol. The van der Waals surface area contributed by atoms with Gasteiger partial charge in [0.2, 0.25) is 0 Å². The highest BCUT2D eigenvalue weighted by Crippen LogP contribution is 2.26. The highest BCUT2D eigenvalue weighted by Gasteiger charge is 2.06. The fraction of sp³-hybridized carbons (Fsp3) is 0.111. The van der Waals surface area contributed by atoms with Crippen molar-refractivity contribution in [2.24, 2.45) is 0 Å². The number of hydrogen-bond acceptors (Lipinski definition) is 6. The molecular weight excluding hydrogens is 312 g/mol. The number of methoxy groups -OCH3 is 2. The molecule has 0 saturated carbocycles. The number of benzene rings is 2. The second-order valence-corrected chi connectivity index (χ2v) is 4.82. The van der Waals surface area contributed by atoms with Crippen LogP contribution in [-0.4, -0.2) is 26.2 Å². The lowest BCUT2D eigenvalue weighted by Crippen LogP contribution is -2.30.